The SMILES string of the molecule is COc1cc2ccc(/C=C/C(=O)O)cc2c(OC)c1OC. The van der Waals surface area contributed by atoms with E-state index in [0.29, 0.717) is 17.2 Å². The molecule has 2 rings (SSSR count). The van der Waals surface area contributed by atoms with Crippen molar-refractivity contribution >= 4 is 22.8 Å². The van der Waals surface area contributed by atoms with E-state index in [0.717, 1.165) is 22.4 Å². The molecule has 0 atom stereocenters. The second kappa shape index (κ2) is 6.17. The first kappa shape index (κ1) is 14.7. The molecule has 5 heteroatoms. The molecule has 0 amide bonds. The molecule has 2 aromatic rings. The van der Waals surface area contributed by atoms with Crippen molar-refractivity contribution in [2.45, 2.75) is 0 Å². The van der Waals surface area contributed by atoms with Crippen LogP contribution in [0.3, 0.4) is 0 Å². The van der Waals surface area contributed by atoms with Crippen molar-refractivity contribution < 1.29 is 24.1 Å². The minimum Gasteiger partial charge on any atom is -0.493 e. The number of hydrogen-bond acceptors (Lipinski definition) is 4. The summed E-state index contributed by atoms with van der Waals surface area (Å²) in [6.45, 7) is 0. The van der Waals surface area contributed by atoms with Crippen LogP contribution in [0.4, 0.5) is 0 Å². The van der Waals surface area contributed by atoms with Crippen LogP contribution in [0.15, 0.2) is 30.3 Å². The van der Waals surface area contributed by atoms with Crippen molar-refractivity contribution in [1.82, 2.24) is 0 Å². The first-order valence-corrected chi connectivity index (χ1v) is 6.24. The highest BCUT2D eigenvalue weighted by molar-refractivity contribution is 5.95. The van der Waals surface area contributed by atoms with Crippen LogP contribution >= 0.6 is 0 Å². The van der Waals surface area contributed by atoms with Crippen LogP contribution < -0.4 is 14.2 Å². The van der Waals surface area contributed by atoms with Gasteiger partial charge >= 0.3 is 5.97 Å². The van der Waals surface area contributed by atoms with Crippen molar-refractivity contribution in [3.05, 3.63) is 35.9 Å². The topological polar surface area (TPSA) is 65.0 Å². The second-order valence-corrected chi connectivity index (χ2v) is 4.30. The molecule has 2 aromatic carbocycles. The third kappa shape index (κ3) is 2.91. The van der Waals surface area contributed by atoms with Gasteiger partial charge in [-0.05, 0) is 29.2 Å². The number of fused-ring (bicyclic) bond motifs is 1. The van der Waals surface area contributed by atoms with Gasteiger partial charge in [0, 0.05) is 11.5 Å². The van der Waals surface area contributed by atoms with Gasteiger partial charge in [0.25, 0.3) is 0 Å². The molecule has 0 aliphatic rings. The summed E-state index contributed by atoms with van der Waals surface area (Å²) < 4.78 is 16.1. The quantitative estimate of drug-likeness (QED) is 0.857. The maximum Gasteiger partial charge on any atom is 0.328 e. The van der Waals surface area contributed by atoms with Crippen LogP contribution in [-0.4, -0.2) is 32.4 Å². The number of hydrogen-bond donors (Lipinski definition) is 1. The molecule has 0 aliphatic heterocycles. The monoisotopic (exact) mass is 288 g/mol. The van der Waals surface area contributed by atoms with E-state index in [1.165, 1.54) is 6.08 Å². The molecule has 0 aromatic heterocycles. The lowest BCUT2D eigenvalue weighted by Gasteiger charge is -2.15. The van der Waals surface area contributed by atoms with Gasteiger partial charge in [0.1, 0.15) is 0 Å². The van der Waals surface area contributed by atoms with Crippen molar-refractivity contribution in [2.24, 2.45) is 0 Å². The van der Waals surface area contributed by atoms with Crippen LogP contribution in [0.1, 0.15) is 5.56 Å². The van der Waals surface area contributed by atoms with Crippen molar-refractivity contribution in [1.29, 1.82) is 0 Å². The van der Waals surface area contributed by atoms with E-state index in [1.54, 1.807) is 21.3 Å². The number of carboxylic acid groups (broad SMARTS) is 1. The summed E-state index contributed by atoms with van der Waals surface area (Å²) >= 11 is 0. The molecule has 0 aliphatic carbocycles. The Balaban J connectivity index is 2.67. The third-order valence-electron chi connectivity index (χ3n) is 3.09. The molecule has 0 spiro atoms. The zero-order valence-electron chi connectivity index (χ0n) is 12.0. The van der Waals surface area contributed by atoms with E-state index in [4.69, 9.17) is 19.3 Å². The number of rotatable bonds is 5. The molecule has 0 saturated carbocycles. The Morgan fingerprint density at radius 3 is 2.33 bits per heavy atom. The van der Waals surface area contributed by atoms with Crippen LogP contribution in [0.25, 0.3) is 16.8 Å². The number of benzene rings is 2. The fraction of sp³-hybridized carbons (Fsp3) is 0.188. The number of ether oxygens (including phenoxy) is 3. The van der Waals surface area contributed by atoms with Crippen LogP contribution in [0.5, 0.6) is 17.2 Å². The highest BCUT2D eigenvalue weighted by atomic mass is 16.5. The average molecular weight is 288 g/mol. The molecule has 0 bridgehead atoms. The highest BCUT2D eigenvalue weighted by Gasteiger charge is 2.15. The average Bonchev–Trinajstić information content (AvgIpc) is 2.50. The normalized spacial score (nSPS) is 10.8. The maximum absolute atomic E-state index is 10.6. The fourth-order valence-corrected chi connectivity index (χ4v) is 2.16. The predicted octanol–water partition coefficient (Wildman–Crippen LogP) is 2.96. The van der Waals surface area contributed by atoms with E-state index < -0.39 is 5.97 Å². The summed E-state index contributed by atoms with van der Waals surface area (Å²) in [6, 6.07) is 7.39. The molecular weight excluding hydrogens is 272 g/mol. The smallest absolute Gasteiger partial charge is 0.328 e. The standard InChI is InChI=1S/C16H16O5/c1-19-13-9-11-6-4-10(5-7-14(17)18)8-12(11)15(20-2)16(13)21-3/h4-9H,1-3H3,(H,17,18)/b7-5+. The first-order valence-electron chi connectivity index (χ1n) is 6.24. The lowest BCUT2D eigenvalue weighted by molar-refractivity contribution is -0.131. The Morgan fingerprint density at radius 2 is 1.76 bits per heavy atom. The van der Waals surface area contributed by atoms with Gasteiger partial charge in [0.2, 0.25) is 5.75 Å². The molecule has 0 fully saturated rings. The van der Waals surface area contributed by atoms with Gasteiger partial charge in [-0.15, -0.1) is 0 Å². The van der Waals surface area contributed by atoms with Gasteiger partial charge in [0.05, 0.1) is 21.3 Å². The molecule has 0 radical (unpaired) electrons. The van der Waals surface area contributed by atoms with Gasteiger partial charge in [-0.3, -0.25) is 0 Å². The number of methoxy groups -OCH3 is 3. The molecule has 0 unspecified atom stereocenters. The van der Waals surface area contributed by atoms with Crippen molar-refractivity contribution in [3.63, 3.8) is 0 Å². The molecular formula is C16H16O5. The Hall–Kier alpha value is -2.69. The minimum absolute atomic E-state index is 0.506. The summed E-state index contributed by atoms with van der Waals surface area (Å²) in [4.78, 5) is 10.6. The Labute approximate surface area is 122 Å². The molecule has 0 heterocycles. The molecule has 0 saturated heterocycles. The second-order valence-electron chi connectivity index (χ2n) is 4.30. The summed E-state index contributed by atoms with van der Waals surface area (Å²) in [5.74, 6) is 0.648. The Kier molecular flexibility index (Phi) is 4.33. The molecule has 5 nitrogen and oxygen atoms in total. The molecule has 110 valence electrons. The van der Waals surface area contributed by atoms with E-state index in [9.17, 15) is 4.79 Å². The van der Waals surface area contributed by atoms with Gasteiger partial charge < -0.3 is 19.3 Å². The Morgan fingerprint density at radius 1 is 1.05 bits per heavy atom. The predicted molar refractivity (Wildman–Crippen MR) is 80.3 cm³/mol. The van der Waals surface area contributed by atoms with Crippen LogP contribution in [-0.2, 0) is 4.79 Å². The summed E-state index contributed by atoms with van der Waals surface area (Å²) in [5, 5.41) is 10.4. The third-order valence-corrected chi connectivity index (χ3v) is 3.09. The lowest BCUT2D eigenvalue weighted by atomic mass is 10.0. The number of aliphatic carboxylic acids is 1. The van der Waals surface area contributed by atoms with E-state index in [2.05, 4.69) is 0 Å². The number of carbonyl (C=O) groups is 1. The molecule has 21 heavy (non-hydrogen) atoms. The van der Waals surface area contributed by atoms with Gasteiger partial charge in [0.15, 0.2) is 11.5 Å². The summed E-state index contributed by atoms with van der Waals surface area (Å²) in [7, 11) is 4.66. The van der Waals surface area contributed by atoms with Gasteiger partial charge in [-0.25, -0.2) is 4.79 Å². The van der Waals surface area contributed by atoms with Gasteiger partial charge in [-0.2, -0.15) is 0 Å². The summed E-state index contributed by atoms with van der Waals surface area (Å²) in [5.41, 5.74) is 0.760. The minimum atomic E-state index is -0.991. The Bertz CT molecular complexity index is 703. The fourth-order valence-electron chi connectivity index (χ4n) is 2.16. The zero-order chi connectivity index (χ0) is 15.4. The maximum atomic E-state index is 10.6. The largest absolute Gasteiger partial charge is 0.493 e. The zero-order valence-corrected chi connectivity index (χ0v) is 12.0. The van der Waals surface area contributed by atoms with Crippen LogP contribution in [0.2, 0.25) is 0 Å². The summed E-state index contributed by atoms with van der Waals surface area (Å²) in [6.07, 6.45) is 2.62. The highest BCUT2D eigenvalue weighted by Crippen LogP contribution is 2.43. The van der Waals surface area contributed by atoms with E-state index in [1.807, 2.05) is 24.3 Å². The van der Waals surface area contributed by atoms with Crippen molar-refractivity contribution in [2.75, 3.05) is 21.3 Å². The van der Waals surface area contributed by atoms with E-state index in [-0.39, 0.29) is 0 Å². The molecule has 1 N–H and O–H groups in total. The van der Waals surface area contributed by atoms with E-state index >= 15 is 0 Å². The number of carboxylic acids is 1. The van der Waals surface area contributed by atoms with Crippen molar-refractivity contribution in [3.8, 4) is 17.2 Å². The first-order chi connectivity index (χ1) is 10.1. The van der Waals surface area contributed by atoms with Gasteiger partial charge in [-0.1, -0.05) is 12.1 Å². The van der Waals surface area contributed by atoms with Crippen LogP contribution in [0, 0.1) is 0 Å². The lowest BCUT2D eigenvalue weighted by Crippen LogP contribution is -1.96.